The van der Waals surface area contributed by atoms with Crippen LogP contribution in [0.25, 0.3) is 0 Å². The molecule has 19 heavy (non-hydrogen) atoms. The topological polar surface area (TPSA) is 84.4 Å². The molecule has 7 heteroatoms. The van der Waals surface area contributed by atoms with Crippen LogP contribution in [-0.2, 0) is 6.54 Å². The van der Waals surface area contributed by atoms with Crippen LogP contribution in [0.15, 0.2) is 18.3 Å². The standard InChI is InChI=1S/C12H16N4O3/c1-17-9-4-8(5-10(18-2)12(9)19-3)6-16-7-11(13)14-15-16/h4-5,7H,6,13H2,1-3H3. The van der Waals surface area contributed by atoms with Gasteiger partial charge in [-0.3, -0.25) is 0 Å². The van der Waals surface area contributed by atoms with E-state index in [2.05, 4.69) is 10.3 Å². The molecule has 0 fully saturated rings. The van der Waals surface area contributed by atoms with Crippen molar-refractivity contribution in [3.8, 4) is 17.2 Å². The fourth-order valence-corrected chi connectivity index (χ4v) is 1.80. The van der Waals surface area contributed by atoms with E-state index < -0.39 is 0 Å². The molecule has 0 aliphatic rings. The zero-order valence-electron chi connectivity index (χ0n) is 11.1. The third-order valence-electron chi connectivity index (χ3n) is 2.63. The molecule has 0 aliphatic carbocycles. The second kappa shape index (κ2) is 5.47. The average molecular weight is 264 g/mol. The normalized spacial score (nSPS) is 10.3. The highest BCUT2D eigenvalue weighted by atomic mass is 16.5. The summed E-state index contributed by atoms with van der Waals surface area (Å²) in [4.78, 5) is 0. The number of anilines is 1. The Balaban J connectivity index is 2.35. The lowest BCUT2D eigenvalue weighted by Gasteiger charge is -2.13. The van der Waals surface area contributed by atoms with Crippen molar-refractivity contribution in [3.63, 3.8) is 0 Å². The van der Waals surface area contributed by atoms with Crippen LogP contribution >= 0.6 is 0 Å². The maximum Gasteiger partial charge on any atom is 0.203 e. The molecule has 0 aliphatic heterocycles. The van der Waals surface area contributed by atoms with E-state index in [4.69, 9.17) is 19.9 Å². The highest BCUT2D eigenvalue weighted by Gasteiger charge is 2.13. The molecule has 2 rings (SSSR count). The molecule has 0 unspecified atom stereocenters. The molecule has 0 bridgehead atoms. The third kappa shape index (κ3) is 2.70. The lowest BCUT2D eigenvalue weighted by atomic mass is 10.2. The molecule has 0 saturated carbocycles. The molecule has 0 radical (unpaired) electrons. The number of aromatic nitrogens is 3. The highest BCUT2D eigenvalue weighted by molar-refractivity contribution is 5.53. The van der Waals surface area contributed by atoms with Gasteiger partial charge in [-0.05, 0) is 17.7 Å². The van der Waals surface area contributed by atoms with Crippen molar-refractivity contribution in [1.82, 2.24) is 15.0 Å². The number of nitrogen functional groups attached to an aromatic ring is 1. The Bertz CT molecular complexity index is 543. The van der Waals surface area contributed by atoms with Crippen LogP contribution in [-0.4, -0.2) is 36.3 Å². The van der Waals surface area contributed by atoms with Gasteiger partial charge in [0.1, 0.15) is 0 Å². The summed E-state index contributed by atoms with van der Waals surface area (Å²) >= 11 is 0. The Morgan fingerprint density at radius 2 is 1.74 bits per heavy atom. The van der Waals surface area contributed by atoms with E-state index in [1.807, 2.05) is 12.1 Å². The van der Waals surface area contributed by atoms with Gasteiger partial charge in [0, 0.05) is 0 Å². The van der Waals surface area contributed by atoms with Gasteiger partial charge in [0.25, 0.3) is 0 Å². The van der Waals surface area contributed by atoms with E-state index >= 15 is 0 Å². The molecule has 7 nitrogen and oxygen atoms in total. The summed E-state index contributed by atoms with van der Waals surface area (Å²) in [5.41, 5.74) is 6.47. The van der Waals surface area contributed by atoms with Crippen LogP contribution in [0.2, 0.25) is 0 Å². The number of nitrogens with two attached hydrogens (primary N) is 1. The smallest absolute Gasteiger partial charge is 0.203 e. The fourth-order valence-electron chi connectivity index (χ4n) is 1.80. The van der Waals surface area contributed by atoms with Crippen LogP contribution in [0.4, 0.5) is 5.82 Å². The van der Waals surface area contributed by atoms with Crippen molar-refractivity contribution in [2.24, 2.45) is 0 Å². The second-order valence-electron chi connectivity index (χ2n) is 3.87. The molecule has 2 N–H and O–H groups in total. The number of hydrogen-bond acceptors (Lipinski definition) is 6. The van der Waals surface area contributed by atoms with Crippen molar-refractivity contribution >= 4 is 5.82 Å². The first-order chi connectivity index (χ1) is 9.17. The first kappa shape index (κ1) is 13.0. The van der Waals surface area contributed by atoms with Crippen LogP contribution in [0, 0.1) is 0 Å². The molecule has 0 spiro atoms. The van der Waals surface area contributed by atoms with Gasteiger partial charge in [-0.2, -0.15) is 0 Å². The van der Waals surface area contributed by atoms with Crippen LogP contribution in [0.3, 0.4) is 0 Å². The summed E-state index contributed by atoms with van der Waals surface area (Å²) in [7, 11) is 4.72. The van der Waals surface area contributed by atoms with Crippen molar-refractivity contribution in [3.05, 3.63) is 23.9 Å². The summed E-state index contributed by atoms with van der Waals surface area (Å²) in [6.45, 7) is 0.515. The first-order valence-electron chi connectivity index (χ1n) is 5.62. The zero-order chi connectivity index (χ0) is 13.8. The molecule has 1 aromatic carbocycles. The summed E-state index contributed by atoms with van der Waals surface area (Å²) in [5, 5.41) is 7.63. The van der Waals surface area contributed by atoms with Crippen molar-refractivity contribution < 1.29 is 14.2 Å². The van der Waals surface area contributed by atoms with Gasteiger partial charge in [0.2, 0.25) is 5.75 Å². The van der Waals surface area contributed by atoms with Gasteiger partial charge in [-0.15, -0.1) is 5.10 Å². The third-order valence-corrected chi connectivity index (χ3v) is 2.63. The van der Waals surface area contributed by atoms with E-state index in [1.165, 1.54) is 0 Å². The zero-order valence-corrected chi connectivity index (χ0v) is 11.1. The maximum atomic E-state index is 5.53. The fraction of sp³-hybridized carbons (Fsp3) is 0.333. The minimum absolute atomic E-state index is 0.382. The Morgan fingerprint density at radius 1 is 1.11 bits per heavy atom. The lowest BCUT2D eigenvalue weighted by Crippen LogP contribution is -2.03. The van der Waals surface area contributed by atoms with Gasteiger partial charge in [-0.25, -0.2) is 4.68 Å². The Hall–Kier alpha value is -2.44. The highest BCUT2D eigenvalue weighted by Crippen LogP contribution is 2.38. The van der Waals surface area contributed by atoms with Crippen LogP contribution in [0.1, 0.15) is 5.56 Å². The quantitative estimate of drug-likeness (QED) is 0.865. The van der Waals surface area contributed by atoms with Gasteiger partial charge >= 0.3 is 0 Å². The molecule has 0 saturated heterocycles. The minimum atomic E-state index is 0.382. The van der Waals surface area contributed by atoms with E-state index in [1.54, 1.807) is 32.2 Å². The molecule has 1 heterocycles. The summed E-state index contributed by atoms with van der Waals surface area (Å²) in [6, 6.07) is 3.72. The summed E-state index contributed by atoms with van der Waals surface area (Å²) < 4.78 is 17.5. The van der Waals surface area contributed by atoms with Crippen LogP contribution in [0.5, 0.6) is 17.2 Å². The first-order valence-corrected chi connectivity index (χ1v) is 5.62. The van der Waals surface area contributed by atoms with Crippen molar-refractivity contribution in [2.75, 3.05) is 27.1 Å². The number of benzene rings is 1. The van der Waals surface area contributed by atoms with Crippen molar-refractivity contribution in [2.45, 2.75) is 6.54 Å². The minimum Gasteiger partial charge on any atom is -0.493 e. The van der Waals surface area contributed by atoms with E-state index in [-0.39, 0.29) is 0 Å². The monoisotopic (exact) mass is 264 g/mol. The van der Waals surface area contributed by atoms with Gasteiger partial charge in [0.05, 0.1) is 34.1 Å². The number of ether oxygens (including phenoxy) is 3. The predicted molar refractivity (Wildman–Crippen MR) is 69.6 cm³/mol. The number of methoxy groups -OCH3 is 3. The Labute approximate surface area is 110 Å². The maximum absolute atomic E-state index is 5.53. The Kier molecular flexibility index (Phi) is 3.74. The molecule has 1 aromatic heterocycles. The van der Waals surface area contributed by atoms with Gasteiger partial charge in [0.15, 0.2) is 17.3 Å². The predicted octanol–water partition coefficient (Wildman–Crippen LogP) is 0.934. The summed E-state index contributed by atoms with van der Waals surface area (Å²) in [6.07, 6.45) is 1.66. The number of rotatable bonds is 5. The number of hydrogen-bond donors (Lipinski definition) is 1. The average Bonchev–Trinajstić information content (AvgIpc) is 2.82. The van der Waals surface area contributed by atoms with Crippen molar-refractivity contribution in [1.29, 1.82) is 0 Å². The molecule has 2 aromatic rings. The van der Waals surface area contributed by atoms with Gasteiger partial charge < -0.3 is 19.9 Å². The second-order valence-corrected chi connectivity index (χ2v) is 3.87. The largest absolute Gasteiger partial charge is 0.493 e. The van der Waals surface area contributed by atoms with E-state index in [0.29, 0.717) is 29.6 Å². The molecule has 0 atom stereocenters. The van der Waals surface area contributed by atoms with Crippen LogP contribution < -0.4 is 19.9 Å². The lowest BCUT2D eigenvalue weighted by molar-refractivity contribution is 0.323. The molecular formula is C12H16N4O3. The number of nitrogens with zero attached hydrogens (tertiary/aromatic N) is 3. The van der Waals surface area contributed by atoms with E-state index in [0.717, 1.165) is 5.56 Å². The molecule has 0 amide bonds. The van der Waals surface area contributed by atoms with E-state index in [9.17, 15) is 0 Å². The Morgan fingerprint density at radius 3 is 2.16 bits per heavy atom. The van der Waals surface area contributed by atoms with Gasteiger partial charge in [-0.1, -0.05) is 5.21 Å². The molecule has 102 valence electrons. The molecular weight excluding hydrogens is 248 g/mol. The summed E-state index contributed by atoms with van der Waals surface area (Å²) in [5.74, 6) is 2.15. The SMILES string of the molecule is COc1cc(Cn2cc(N)nn2)cc(OC)c1OC.